The lowest BCUT2D eigenvalue weighted by atomic mass is 10.1. The fourth-order valence-electron chi connectivity index (χ4n) is 5.90. The second-order valence-corrected chi connectivity index (χ2v) is 14.6. The van der Waals surface area contributed by atoms with E-state index in [0.717, 1.165) is 13.3 Å². The lowest BCUT2D eigenvalue weighted by molar-refractivity contribution is 0.312. The van der Waals surface area contributed by atoms with Crippen molar-refractivity contribution in [1.29, 1.82) is 0 Å². The number of unbranched alkanes of at least 4 members (excludes halogenated alkanes) is 14. The smallest absolute Gasteiger partial charge is 0.0892 e. The van der Waals surface area contributed by atoms with Crippen molar-refractivity contribution in [2.24, 2.45) is 0 Å². The second kappa shape index (κ2) is 20.3. The van der Waals surface area contributed by atoms with Crippen molar-refractivity contribution < 1.29 is 0 Å². The first kappa shape index (κ1) is 33.6. The van der Waals surface area contributed by atoms with Crippen LogP contribution in [0, 0.1) is 0 Å². The number of hydrogen-bond donors (Lipinski definition) is 0. The molecule has 38 heavy (non-hydrogen) atoms. The van der Waals surface area contributed by atoms with Crippen molar-refractivity contribution in [2.75, 3.05) is 53.0 Å². The maximum atomic E-state index is 2.42. The molecule has 0 aliphatic carbocycles. The van der Waals surface area contributed by atoms with Gasteiger partial charge in [-0.05, 0) is 52.4 Å². The quantitative estimate of drug-likeness (QED) is 0.0895. The van der Waals surface area contributed by atoms with Gasteiger partial charge in [0, 0.05) is 62.5 Å². The Balaban J connectivity index is 1.23. The van der Waals surface area contributed by atoms with Gasteiger partial charge in [-0.25, -0.2) is 0 Å². The van der Waals surface area contributed by atoms with Crippen molar-refractivity contribution in [3.63, 3.8) is 0 Å². The summed E-state index contributed by atoms with van der Waals surface area (Å²) in [7, 11) is 13.1. The Morgan fingerprint density at radius 2 is 0.711 bits per heavy atom. The average molecular weight is 567 g/mol. The van der Waals surface area contributed by atoms with Crippen molar-refractivity contribution in [1.82, 2.24) is 19.6 Å². The molecule has 4 nitrogen and oxygen atoms in total. The van der Waals surface area contributed by atoms with Crippen LogP contribution < -0.4 is 0 Å². The molecule has 2 rings (SSSR count). The fraction of sp³-hybridized carbons (Fsp3) is 0.875. The molecule has 0 amide bonds. The molecule has 0 aromatic rings. The zero-order valence-electron chi connectivity index (χ0n) is 26.2. The first-order valence-electron chi connectivity index (χ1n) is 15.9. The lowest BCUT2D eigenvalue weighted by Crippen LogP contribution is -2.21. The van der Waals surface area contributed by atoms with E-state index >= 15 is 0 Å². The van der Waals surface area contributed by atoms with Crippen LogP contribution in [-0.2, 0) is 0 Å². The molecular formula is C32H62N4S2. The molecule has 0 atom stereocenters. The van der Waals surface area contributed by atoms with Gasteiger partial charge < -0.3 is 19.6 Å². The lowest BCUT2D eigenvalue weighted by Gasteiger charge is -2.16. The van der Waals surface area contributed by atoms with E-state index in [1.165, 1.54) is 138 Å². The topological polar surface area (TPSA) is 13.0 Å². The van der Waals surface area contributed by atoms with Crippen LogP contribution in [-0.4, -0.2) is 72.6 Å². The standard InChI is InChI=1S/C32H62N4S2/c1-29-31(35(5)27-33(29)3)23-19-15-11-7-9-13-17-21-25-37-38-26-22-18-14-10-8-12-16-20-24-32-30(2)34(4)28-36(32)6/h7-28H2,1-6H3. The molecule has 0 fully saturated rings. The van der Waals surface area contributed by atoms with Crippen LogP contribution in [0.2, 0.25) is 0 Å². The van der Waals surface area contributed by atoms with Crippen molar-refractivity contribution in [3.8, 4) is 0 Å². The summed E-state index contributed by atoms with van der Waals surface area (Å²) < 4.78 is 0. The van der Waals surface area contributed by atoms with E-state index in [1.807, 2.05) is 0 Å². The molecule has 0 radical (unpaired) electrons. The van der Waals surface area contributed by atoms with Crippen molar-refractivity contribution in [2.45, 2.75) is 129 Å². The fourth-order valence-corrected chi connectivity index (χ4v) is 8.20. The molecule has 0 unspecified atom stereocenters. The number of hydrogen-bond acceptors (Lipinski definition) is 6. The van der Waals surface area contributed by atoms with Crippen molar-refractivity contribution >= 4 is 21.6 Å². The van der Waals surface area contributed by atoms with Crippen LogP contribution in [0.5, 0.6) is 0 Å². The van der Waals surface area contributed by atoms with Gasteiger partial charge >= 0.3 is 0 Å². The predicted molar refractivity (Wildman–Crippen MR) is 174 cm³/mol. The van der Waals surface area contributed by atoms with E-state index in [1.54, 1.807) is 11.4 Å². The second-order valence-electron chi connectivity index (χ2n) is 11.9. The minimum absolute atomic E-state index is 1.06. The SMILES string of the molecule is CC1=C(CCCCCCCCCCSSCCCCCCCCCCC2=C(C)N(C)CN2C)N(C)CN1C. The summed E-state index contributed by atoms with van der Waals surface area (Å²) in [4.78, 5) is 9.57. The van der Waals surface area contributed by atoms with Gasteiger partial charge in [-0.3, -0.25) is 0 Å². The molecule has 0 saturated heterocycles. The Hall–Kier alpha value is -0.620. The van der Waals surface area contributed by atoms with Crippen LogP contribution in [0.4, 0.5) is 0 Å². The van der Waals surface area contributed by atoms with E-state index < -0.39 is 0 Å². The minimum Gasteiger partial charge on any atom is -0.359 e. The summed E-state index contributed by atoms with van der Waals surface area (Å²) in [5, 5.41) is 0. The molecule has 0 saturated carbocycles. The van der Waals surface area contributed by atoms with Crippen LogP contribution >= 0.6 is 21.6 Å². The van der Waals surface area contributed by atoms with Gasteiger partial charge in [0.05, 0.1) is 13.3 Å². The summed E-state index contributed by atoms with van der Waals surface area (Å²) in [6.07, 6.45) is 25.2. The largest absolute Gasteiger partial charge is 0.359 e. The molecule has 2 aliphatic rings. The van der Waals surface area contributed by atoms with Gasteiger partial charge in [0.1, 0.15) is 0 Å². The molecular weight excluding hydrogens is 505 g/mol. The predicted octanol–water partition coefficient (Wildman–Crippen LogP) is 9.52. The maximum absolute atomic E-state index is 2.42. The summed E-state index contributed by atoms with van der Waals surface area (Å²) in [5.41, 5.74) is 6.08. The van der Waals surface area contributed by atoms with Crippen molar-refractivity contribution in [3.05, 3.63) is 22.8 Å². The van der Waals surface area contributed by atoms with Gasteiger partial charge in [0.2, 0.25) is 0 Å². The van der Waals surface area contributed by atoms with Crippen LogP contribution in [0.3, 0.4) is 0 Å². The van der Waals surface area contributed by atoms with E-state index in [9.17, 15) is 0 Å². The third-order valence-electron chi connectivity index (χ3n) is 8.62. The van der Waals surface area contributed by atoms with Gasteiger partial charge in [-0.15, -0.1) is 0 Å². The van der Waals surface area contributed by atoms with Crippen LogP contribution in [0.25, 0.3) is 0 Å². The van der Waals surface area contributed by atoms with E-state index in [-0.39, 0.29) is 0 Å². The first-order chi connectivity index (χ1) is 18.4. The van der Waals surface area contributed by atoms with E-state index in [2.05, 4.69) is 83.2 Å². The molecule has 0 aromatic heterocycles. The molecule has 2 heterocycles. The molecule has 222 valence electrons. The summed E-state index contributed by atoms with van der Waals surface area (Å²) in [5.74, 6) is 2.70. The van der Waals surface area contributed by atoms with E-state index in [0.29, 0.717) is 0 Å². The highest BCUT2D eigenvalue weighted by molar-refractivity contribution is 8.76. The average Bonchev–Trinajstić information content (AvgIpc) is 3.28. The Morgan fingerprint density at radius 3 is 1.00 bits per heavy atom. The van der Waals surface area contributed by atoms with Crippen LogP contribution in [0.1, 0.15) is 129 Å². The number of allylic oxidation sites excluding steroid dienone is 4. The first-order valence-corrected chi connectivity index (χ1v) is 18.4. The Kier molecular flexibility index (Phi) is 17.9. The van der Waals surface area contributed by atoms with Gasteiger partial charge in [-0.2, -0.15) is 0 Å². The molecule has 0 bridgehead atoms. The highest BCUT2D eigenvalue weighted by Crippen LogP contribution is 2.27. The zero-order valence-corrected chi connectivity index (χ0v) is 27.8. The molecule has 0 aromatic carbocycles. The Labute approximate surface area is 245 Å². The molecule has 2 aliphatic heterocycles. The molecule has 0 spiro atoms. The van der Waals surface area contributed by atoms with E-state index in [4.69, 9.17) is 0 Å². The highest BCUT2D eigenvalue weighted by Gasteiger charge is 2.20. The third-order valence-corrected chi connectivity index (χ3v) is 11.2. The highest BCUT2D eigenvalue weighted by atomic mass is 33.1. The van der Waals surface area contributed by atoms with Gasteiger partial charge in [-0.1, -0.05) is 98.6 Å². The Bertz CT molecular complexity index is 635. The molecule has 6 heteroatoms. The number of nitrogens with zero attached hydrogens (tertiary/aromatic N) is 4. The van der Waals surface area contributed by atoms with Crippen LogP contribution in [0.15, 0.2) is 22.8 Å². The normalized spacial score (nSPS) is 16.3. The zero-order chi connectivity index (χ0) is 27.6. The summed E-state index contributed by atoms with van der Waals surface area (Å²) >= 11 is 0. The molecule has 0 N–H and O–H groups in total. The monoisotopic (exact) mass is 566 g/mol. The summed E-state index contributed by atoms with van der Waals surface area (Å²) in [6, 6.07) is 0. The third kappa shape index (κ3) is 13.2. The minimum atomic E-state index is 1.06. The maximum Gasteiger partial charge on any atom is 0.0892 e. The Morgan fingerprint density at radius 1 is 0.421 bits per heavy atom. The summed E-state index contributed by atoms with van der Waals surface area (Å²) in [6.45, 7) is 6.67. The number of rotatable bonds is 23. The van der Waals surface area contributed by atoms with Gasteiger partial charge in [0.25, 0.3) is 0 Å². The van der Waals surface area contributed by atoms with Gasteiger partial charge in [0.15, 0.2) is 0 Å².